The van der Waals surface area contributed by atoms with E-state index >= 15 is 0 Å². The summed E-state index contributed by atoms with van der Waals surface area (Å²) in [6.07, 6.45) is 1.10. The SMILES string of the molecule is COC(=O)/C(=C/c1ccc(Br)o1)C(=O)O. The monoisotopic (exact) mass is 274 g/mol. The fourth-order valence-corrected chi connectivity index (χ4v) is 1.19. The van der Waals surface area contributed by atoms with Gasteiger partial charge in [-0.3, -0.25) is 0 Å². The number of esters is 1. The van der Waals surface area contributed by atoms with Gasteiger partial charge in [-0.15, -0.1) is 0 Å². The van der Waals surface area contributed by atoms with Gasteiger partial charge in [-0.2, -0.15) is 0 Å². The van der Waals surface area contributed by atoms with Gasteiger partial charge in [-0.25, -0.2) is 9.59 Å². The summed E-state index contributed by atoms with van der Waals surface area (Å²) in [5.41, 5.74) is -0.487. The number of rotatable bonds is 3. The second kappa shape index (κ2) is 4.79. The maximum atomic E-state index is 11.0. The zero-order chi connectivity index (χ0) is 11.4. The molecule has 0 aromatic carbocycles. The Morgan fingerprint density at radius 1 is 1.53 bits per heavy atom. The zero-order valence-electron chi connectivity index (χ0n) is 7.69. The van der Waals surface area contributed by atoms with Crippen LogP contribution >= 0.6 is 15.9 Å². The molecule has 0 unspecified atom stereocenters. The largest absolute Gasteiger partial charge is 0.477 e. The van der Waals surface area contributed by atoms with E-state index in [2.05, 4.69) is 20.7 Å². The molecule has 1 rings (SSSR count). The summed E-state index contributed by atoms with van der Waals surface area (Å²) in [5, 5.41) is 8.72. The third-order valence-corrected chi connectivity index (χ3v) is 1.94. The van der Waals surface area contributed by atoms with Crippen LogP contribution < -0.4 is 0 Å². The first-order chi connectivity index (χ1) is 7.04. The first-order valence-corrected chi connectivity index (χ1v) is 4.62. The van der Waals surface area contributed by atoms with Crippen LogP contribution in [0.4, 0.5) is 0 Å². The van der Waals surface area contributed by atoms with Gasteiger partial charge in [0.15, 0.2) is 4.67 Å². The highest BCUT2D eigenvalue weighted by molar-refractivity contribution is 9.10. The lowest BCUT2D eigenvalue weighted by Crippen LogP contribution is -2.13. The third-order valence-electron chi connectivity index (χ3n) is 1.52. The van der Waals surface area contributed by atoms with Gasteiger partial charge in [0.05, 0.1) is 7.11 Å². The molecule has 0 aliphatic rings. The van der Waals surface area contributed by atoms with Gasteiger partial charge in [-0.1, -0.05) is 0 Å². The van der Waals surface area contributed by atoms with Crippen LogP contribution in [0, 0.1) is 0 Å². The first-order valence-electron chi connectivity index (χ1n) is 3.83. The lowest BCUT2D eigenvalue weighted by Gasteiger charge is -1.98. The van der Waals surface area contributed by atoms with Gasteiger partial charge < -0.3 is 14.3 Å². The molecule has 0 spiro atoms. The molecular formula is C9H7BrO5. The average Bonchev–Trinajstić information content (AvgIpc) is 2.59. The first kappa shape index (κ1) is 11.5. The Hall–Kier alpha value is -1.56. The Labute approximate surface area is 93.5 Å². The fraction of sp³-hybridized carbons (Fsp3) is 0.111. The maximum Gasteiger partial charge on any atom is 0.345 e. The number of carboxylic acid groups (broad SMARTS) is 1. The molecule has 0 aliphatic carbocycles. The van der Waals surface area contributed by atoms with E-state index in [1.807, 2.05) is 0 Å². The van der Waals surface area contributed by atoms with Crippen molar-refractivity contribution < 1.29 is 23.8 Å². The van der Waals surface area contributed by atoms with Gasteiger partial charge in [-0.05, 0) is 28.1 Å². The van der Waals surface area contributed by atoms with E-state index in [9.17, 15) is 9.59 Å². The van der Waals surface area contributed by atoms with Crippen molar-refractivity contribution >= 4 is 33.9 Å². The lowest BCUT2D eigenvalue weighted by molar-refractivity contribution is -0.142. The zero-order valence-corrected chi connectivity index (χ0v) is 9.28. The topological polar surface area (TPSA) is 76.7 Å². The molecule has 0 amide bonds. The van der Waals surface area contributed by atoms with Crippen LogP contribution in [0.15, 0.2) is 26.8 Å². The van der Waals surface area contributed by atoms with Gasteiger partial charge in [0.1, 0.15) is 11.3 Å². The van der Waals surface area contributed by atoms with Crippen molar-refractivity contribution in [3.05, 3.63) is 28.1 Å². The summed E-state index contributed by atoms with van der Waals surface area (Å²) in [6.45, 7) is 0. The number of hydrogen-bond donors (Lipinski definition) is 1. The van der Waals surface area contributed by atoms with Crippen LogP contribution in [0.5, 0.6) is 0 Å². The van der Waals surface area contributed by atoms with E-state index < -0.39 is 17.5 Å². The summed E-state index contributed by atoms with van der Waals surface area (Å²) in [4.78, 5) is 21.7. The normalized spacial score (nSPS) is 11.2. The molecule has 1 aromatic heterocycles. The fourth-order valence-electron chi connectivity index (χ4n) is 0.866. The molecule has 1 N–H and O–H groups in total. The van der Waals surface area contributed by atoms with Gasteiger partial charge in [0, 0.05) is 6.08 Å². The molecule has 0 atom stereocenters. The molecule has 6 heteroatoms. The van der Waals surface area contributed by atoms with Crippen molar-refractivity contribution in [1.29, 1.82) is 0 Å². The minimum atomic E-state index is -1.37. The Morgan fingerprint density at radius 2 is 2.20 bits per heavy atom. The third kappa shape index (κ3) is 2.95. The Morgan fingerprint density at radius 3 is 2.60 bits per heavy atom. The van der Waals surface area contributed by atoms with E-state index in [0.29, 0.717) is 4.67 Å². The van der Waals surface area contributed by atoms with Crippen molar-refractivity contribution in [3.8, 4) is 0 Å². The molecule has 15 heavy (non-hydrogen) atoms. The molecule has 0 aliphatic heterocycles. The molecule has 80 valence electrons. The number of ether oxygens (including phenoxy) is 1. The molecule has 5 nitrogen and oxygen atoms in total. The Kier molecular flexibility index (Phi) is 3.68. The quantitative estimate of drug-likeness (QED) is 0.393. The molecule has 1 heterocycles. The van der Waals surface area contributed by atoms with Crippen LogP contribution in [0.25, 0.3) is 6.08 Å². The number of halogens is 1. The summed E-state index contributed by atoms with van der Waals surface area (Å²) in [7, 11) is 1.11. The smallest absolute Gasteiger partial charge is 0.345 e. The van der Waals surface area contributed by atoms with E-state index in [4.69, 9.17) is 9.52 Å². The van der Waals surface area contributed by atoms with E-state index in [1.54, 1.807) is 6.07 Å². The summed E-state index contributed by atoms with van der Waals surface area (Å²) in [6, 6.07) is 3.11. The maximum absolute atomic E-state index is 11.0. The second-order valence-electron chi connectivity index (χ2n) is 2.50. The lowest BCUT2D eigenvalue weighted by atomic mass is 10.2. The van der Waals surface area contributed by atoms with Crippen LogP contribution in [0.3, 0.4) is 0 Å². The number of hydrogen-bond acceptors (Lipinski definition) is 4. The summed E-state index contributed by atoms with van der Waals surface area (Å²) < 4.78 is 9.79. The molecule has 0 radical (unpaired) electrons. The molecule has 1 aromatic rings. The number of carbonyl (C=O) groups excluding carboxylic acids is 1. The Bertz CT molecular complexity index is 418. The summed E-state index contributed by atoms with van der Waals surface area (Å²) in [5.74, 6) is -2.03. The van der Waals surface area contributed by atoms with E-state index in [1.165, 1.54) is 6.07 Å². The standard InChI is InChI=1S/C9H7BrO5/c1-14-9(13)6(8(11)12)4-5-2-3-7(10)15-5/h2-4H,1H3,(H,11,12)/b6-4+. The molecular weight excluding hydrogens is 268 g/mol. The van der Waals surface area contributed by atoms with Crippen molar-refractivity contribution in [2.75, 3.05) is 7.11 Å². The predicted octanol–water partition coefficient (Wildman–Crippen LogP) is 1.68. The van der Waals surface area contributed by atoms with Crippen LogP contribution in [0.2, 0.25) is 0 Å². The molecule has 0 saturated heterocycles. The molecule has 0 fully saturated rings. The minimum Gasteiger partial charge on any atom is -0.477 e. The van der Waals surface area contributed by atoms with E-state index in [0.717, 1.165) is 13.2 Å². The second-order valence-corrected chi connectivity index (χ2v) is 3.28. The number of carbonyl (C=O) groups is 2. The highest BCUT2D eigenvalue weighted by Crippen LogP contribution is 2.17. The van der Waals surface area contributed by atoms with Crippen LogP contribution in [0.1, 0.15) is 5.76 Å². The highest BCUT2D eigenvalue weighted by Gasteiger charge is 2.18. The Balaban J connectivity index is 3.04. The average molecular weight is 275 g/mol. The molecule has 0 bridgehead atoms. The summed E-state index contributed by atoms with van der Waals surface area (Å²) >= 11 is 3.05. The van der Waals surface area contributed by atoms with Crippen molar-refractivity contribution in [3.63, 3.8) is 0 Å². The van der Waals surface area contributed by atoms with Gasteiger partial charge in [0.2, 0.25) is 0 Å². The van der Waals surface area contributed by atoms with Gasteiger partial charge >= 0.3 is 11.9 Å². The van der Waals surface area contributed by atoms with Crippen molar-refractivity contribution in [1.82, 2.24) is 0 Å². The minimum absolute atomic E-state index is 0.254. The number of furan rings is 1. The van der Waals surface area contributed by atoms with E-state index in [-0.39, 0.29) is 5.76 Å². The van der Waals surface area contributed by atoms with Crippen molar-refractivity contribution in [2.24, 2.45) is 0 Å². The van der Waals surface area contributed by atoms with Gasteiger partial charge in [0.25, 0.3) is 0 Å². The van der Waals surface area contributed by atoms with Crippen molar-refractivity contribution in [2.45, 2.75) is 0 Å². The number of methoxy groups -OCH3 is 1. The molecule has 0 saturated carbocycles. The number of carboxylic acids is 1. The number of aliphatic carboxylic acids is 1. The highest BCUT2D eigenvalue weighted by atomic mass is 79.9. The van der Waals surface area contributed by atoms with Crippen LogP contribution in [-0.2, 0) is 14.3 Å². The predicted molar refractivity (Wildman–Crippen MR) is 54.0 cm³/mol. The van der Waals surface area contributed by atoms with Crippen LogP contribution in [-0.4, -0.2) is 24.2 Å².